The number of hydrogen-bond acceptors (Lipinski definition) is 5. The lowest BCUT2D eigenvalue weighted by atomic mass is 10.1. The number of nitrogens with one attached hydrogen (secondary N) is 2. The third-order valence-electron chi connectivity index (χ3n) is 6.34. The number of carbonyl (C=O) groups is 1. The first kappa shape index (κ1) is 22.6. The van der Waals surface area contributed by atoms with Crippen LogP contribution in [-0.4, -0.2) is 68.9 Å². The van der Waals surface area contributed by atoms with E-state index in [2.05, 4.69) is 15.2 Å². The smallest absolute Gasteiger partial charge is 0.256 e. The molecule has 2 aromatic carbocycles. The number of sulfonamides is 1. The van der Waals surface area contributed by atoms with Gasteiger partial charge in [0.05, 0.1) is 10.5 Å². The number of fused-ring (bicyclic) bond motifs is 2. The van der Waals surface area contributed by atoms with E-state index in [4.69, 9.17) is 4.74 Å². The van der Waals surface area contributed by atoms with E-state index in [1.54, 1.807) is 18.2 Å². The van der Waals surface area contributed by atoms with Crippen LogP contribution in [0.15, 0.2) is 47.4 Å². The lowest BCUT2D eigenvalue weighted by Gasteiger charge is -2.14. The van der Waals surface area contributed by atoms with Gasteiger partial charge in [-0.15, -0.1) is 0 Å². The summed E-state index contributed by atoms with van der Waals surface area (Å²) in [6, 6.07) is 12.5. The molecule has 0 bridgehead atoms. The summed E-state index contributed by atoms with van der Waals surface area (Å²) in [5.41, 5.74) is 3.26. The van der Waals surface area contributed by atoms with Crippen molar-refractivity contribution in [2.24, 2.45) is 0 Å². The number of amides is 1. The molecule has 0 atom stereocenters. The third-order valence-corrected chi connectivity index (χ3v) is 8.15. The van der Waals surface area contributed by atoms with Crippen LogP contribution in [0.4, 0.5) is 5.69 Å². The molecule has 1 saturated heterocycles. The molecule has 0 spiro atoms. The van der Waals surface area contributed by atoms with Crippen molar-refractivity contribution in [1.29, 1.82) is 0 Å². The summed E-state index contributed by atoms with van der Waals surface area (Å²) in [6.07, 6.45) is 4.28. The number of likely N-dealkylation sites (tertiary alicyclic amines) is 1. The molecule has 0 unspecified atom stereocenters. The van der Waals surface area contributed by atoms with E-state index in [9.17, 15) is 13.2 Å². The number of rotatable bonds is 7. The molecular weight excluding hydrogens is 452 g/mol. The second kappa shape index (κ2) is 8.90. The highest BCUT2D eigenvalue weighted by molar-refractivity contribution is 7.89. The zero-order valence-corrected chi connectivity index (χ0v) is 20.1. The maximum absolute atomic E-state index is 12.6. The Morgan fingerprint density at radius 1 is 1.09 bits per heavy atom. The molecule has 1 aromatic heterocycles. The van der Waals surface area contributed by atoms with Gasteiger partial charge in [-0.1, -0.05) is 0 Å². The Balaban J connectivity index is 1.39. The number of anilines is 1. The van der Waals surface area contributed by atoms with Crippen LogP contribution in [0.25, 0.3) is 22.6 Å². The van der Waals surface area contributed by atoms with Crippen molar-refractivity contribution < 1.29 is 17.9 Å². The highest BCUT2D eigenvalue weighted by Crippen LogP contribution is 2.35. The number of ether oxygens (including phenoxy) is 1. The van der Waals surface area contributed by atoms with Crippen molar-refractivity contribution in [3.63, 3.8) is 0 Å². The molecule has 34 heavy (non-hydrogen) atoms. The number of hydrogen-bond donors (Lipinski definition) is 2. The van der Waals surface area contributed by atoms with Crippen LogP contribution in [-0.2, 0) is 14.8 Å². The van der Waals surface area contributed by atoms with Crippen molar-refractivity contribution in [3.8, 4) is 5.75 Å². The normalized spacial score (nSPS) is 17.6. The molecule has 9 heteroatoms. The fourth-order valence-corrected chi connectivity index (χ4v) is 5.37. The highest BCUT2D eigenvalue weighted by atomic mass is 32.2. The van der Waals surface area contributed by atoms with E-state index in [1.807, 2.05) is 24.3 Å². The van der Waals surface area contributed by atoms with Gasteiger partial charge in [0.2, 0.25) is 10.0 Å². The molecule has 0 saturated carbocycles. The van der Waals surface area contributed by atoms with E-state index in [-0.39, 0.29) is 10.8 Å². The van der Waals surface area contributed by atoms with Crippen LogP contribution in [0.5, 0.6) is 5.75 Å². The highest BCUT2D eigenvalue weighted by Gasteiger charge is 2.27. The van der Waals surface area contributed by atoms with Crippen molar-refractivity contribution in [2.75, 3.05) is 45.7 Å². The van der Waals surface area contributed by atoms with Gasteiger partial charge in [-0.25, -0.2) is 12.7 Å². The number of aromatic nitrogens is 1. The summed E-state index contributed by atoms with van der Waals surface area (Å²) in [4.78, 5) is 18.5. The molecule has 5 rings (SSSR count). The molecule has 3 heterocycles. The van der Waals surface area contributed by atoms with Gasteiger partial charge >= 0.3 is 0 Å². The first-order chi connectivity index (χ1) is 16.3. The van der Waals surface area contributed by atoms with Crippen molar-refractivity contribution in [3.05, 3.63) is 53.7 Å². The zero-order chi connectivity index (χ0) is 23.9. The molecule has 178 valence electrons. The molecule has 2 N–H and O–H groups in total. The predicted octanol–water partition coefficient (Wildman–Crippen LogP) is 3.39. The average molecular weight is 481 g/mol. The van der Waals surface area contributed by atoms with Crippen molar-refractivity contribution in [2.45, 2.75) is 17.7 Å². The molecule has 8 nitrogen and oxygen atoms in total. The van der Waals surface area contributed by atoms with Crippen molar-refractivity contribution in [1.82, 2.24) is 14.2 Å². The van der Waals surface area contributed by atoms with Gasteiger partial charge in [0, 0.05) is 48.5 Å². The van der Waals surface area contributed by atoms with Crippen LogP contribution in [0.1, 0.15) is 24.1 Å². The van der Waals surface area contributed by atoms with Gasteiger partial charge in [0.1, 0.15) is 12.4 Å². The topological polar surface area (TPSA) is 94.7 Å². The van der Waals surface area contributed by atoms with E-state index in [1.165, 1.54) is 33.0 Å². The first-order valence-corrected chi connectivity index (χ1v) is 12.8. The van der Waals surface area contributed by atoms with Crippen LogP contribution in [0.3, 0.4) is 0 Å². The number of nitrogens with zero attached hydrogens (tertiary/aromatic N) is 2. The largest absolute Gasteiger partial charge is 0.492 e. The Bertz CT molecular complexity index is 1390. The van der Waals surface area contributed by atoms with Crippen LogP contribution in [0, 0.1) is 0 Å². The van der Waals surface area contributed by atoms with E-state index in [0.29, 0.717) is 23.4 Å². The van der Waals surface area contributed by atoms with Gasteiger partial charge in [0.25, 0.3) is 5.91 Å². The van der Waals surface area contributed by atoms with Crippen LogP contribution >= 0.6 is 0 Å². The van der Waals surface area contributed by atoms with Gasteiger partial charge in [-0.2, -0.15) is 0 Å². The fraction of sp³-hybridized carbons (Fsp3) is 0.320. The Labute approximate surface area is 199 Å². The van der Waals surface area contributed by atoms with Crippen LogP contribution < -0.4 is 10.1 Å². The van der Waals surface area contributed by atoms with Gasteiger partial charge in [-0.3, -0.25) is 9.69 Å². The number of H-pyrrole nitrogens is 1. The lowest BCUT2D eigenvalue weighted by Crippen LogP contribution is -2.25. The summed E-state index contributed by atoms with van der Waals surface area (Å²) in [5.74, 6) is 0.548. The standard InChI is InChI=1S/C25H28N4O4S/c1-28(2)34(31,32)20-6-8-24-21(16-20)22(25(30)27-24)15-18-13-17-14-19(5-7-23(17)26-18)33-12-11-29-9-3-4-10-29/h5-8,13-16,26H,3-4,9-12H2,1-2H3,(H,27,30). The number of carbonyl (C=O) groups excluding carboxylic acids is 1. The average Bonchev–Trinajstić information content (AvgIpc) is 3.53. The first-order valence-electron chi connectivity index (χ1n) is 11.4. The number of aromatic amines is 1. The summed E-state index contributed by atoms with van der Waals surface area (Å²) >= 11 is 0. The maximum Gasteiger partial charge on any atom is 0.256 e. The van der Waals surface area contributed by atoms with Gasteiger partial charge < -0.3 is 15.0 Å². The molecule has 2 aliphatic rings. The Kier molecular flexibility index (Phi) is 5.93. The summed E-state index contributed by atoms with van der Waals surface area (Å²) in [5, 5.41) is 3.79. The maximum atomic E-state index is 12.6. The Hall–Kier alpha value is -3.14. The summed E-state index contributed by atoms with van der Waals surface area (Å²) < 4.78 is 32.2. The lowest BCUT2D eigenvalue weighted by molar-refractivity contribution is -0.110. The van der Waals surface area contributed by atoms with Gasteiger partial charge in [0.15, 0.2) is 0 Å². The number of benzene rings is 2. The van der Waals surface area contributed by atoms with Gasteiger partial charge in [-0.05, 0) is 74.5 Å². The summed E-state index contributed by atoms with van der Waals surface area (Å²) in [7, 11) is -0.641. The Morgan fingerprint density at radius 3 is 2.65 bits per heavy atom. The molecular formula is C25H28N4O4S. The summed E-state index contributed by atoms with van der Waals surface area (Å²) in [6.45, 7) is 3.89. The molecule has 2 aliphatic heterocycles. The molecule has 3 aromatic rings. The Morgan fingerprint density at radius 2 is 1.88 bits per heavy atom. The SMILES string of the molecule is CN(C)S(=O)(=O)c1ccc2c(c1)C(=Cc1cc3cc(OCCN4CCCC4)ccc3[nH]1)C(=O)N2. The molecule has 1 fully saturated rings. The van der Waals surface area contributed by atoms with E-state index >= 15 is 0 Å². The monoisotopic (exact) mass is 480 g/mol. The fourth-order valence-electron chi connectivity index (χ4n) is 4.44. The molecule has 0 aliphatic carbocycles. The molecule has 0 radical (unpaired) electrons. The van der Waals surface area contributed by atoms with Crippen molar-refractivity contribution >= 4 is 44.2 Å². The minimum absolute atomic E-state index is 0.144. The van der Waals surface area contributed by atoms with E-state index in [0.717, 1.165) is 46.3 Å². The van der Waals surface area contributed by atoms with Crippen LogP contribution in [0.2, 0.25) is 0 Å². The molecule has 1 amide bonds. The minimum Gasteiger partial charge on any atom is -0.492 e. The van der Waals surface area contributed by atoms with E-state index < -0.39 is 10.0 Å². The minimum atomic E-state index is -3.61. The second-order valence-corrected chi connectivity index (χ2v) is 11.0. The predicted molar refractivity (Wildman–Crippen MR) is 133 cm³/mol. The quantitative estimate of drug-likeness (QED) is 0.506. The third kappa shape index (κ3) is 4.34. The zero-order valence-electron chi connectivity index (χ0n) is 19.3. The second-order valence-electron chi connectivity index (χ2n) is 8.88.